The molecule has 1 heterocycles. The van der Waals surface area contributed by atoms with Crippen LogP contribution in [-0.2, 0) is 0 Å². The van der Waals surface area contributed by atoms with Crippen molar-refractivity contribution in [2.24, 2.45) is 5.16 Å². The predicted octanol–water partition coefficient (Wildman–Crippen LogP) is 0.832. The van der Waals surface area contributed by atoms with E-state index in [2.05, 4.69) is 5.16 Å². The second kappa shape index (κ2) is 3.06. The number of rotatable bonds is 1. The summed E-state index contributed by atoms with van der Waals surface area (Å²) < 4.78 is 0. The zero-order chi connectivity index (χ0) is 7.40. The number of likely N-dealkylation sites (N-methyl/N-ethyl adjacent to an activating group) is 1. The third-order valence-electron chi connectivity index (χ3n) is 1.41. The molecule has 0 unspecified atom stereocenters. The van der Waals surface area contributed by atoms with Crippen LogP contribution < -0.4 is 0 Å². The van der Waals surface area contributed by atoms with Gasteiger partial charge in [0.05, 0.1) is 11.9 Å². The number of allylic oxidation sites excluding steroid dienone is 3. The van der Waals surface area contributed by atoms with Crippen molar-refractivity contribution >= 4 is 6.21 Å². The van der Waals surface area contributed by atoms with Crippen molar-refractivity contribution in [2.45, 2.75) is 0 Å². The van der Waals surface area contributed by atoms with Crippen LogP contribution >= 0.6 is 0 Å². The van der Waals surface area contributed by atoms with Crippen molar-refractivity contribution in [3.8, 4) is 0 Å². The quantitative estimate of drug-likeness (QED) is 0.331. The Morgan fingerprint density at radius 3 is 3.20 bits per heavy atom. The van der Waals surface area contributed by atoms with Crippen LogP contribution in [0.5, 0.6) is 0 Å². The van der Waals surface area contributed by atoms with E-state index in [1.807, 2.05) is 30.2 Å². The molecule has 0 radical (unpaired) electrons. The highest BCUT2D eigenvalue weighted by atomic mass is 16.4. The second-order valence-corrected chi connectivity index (χ2v) is 2.14. The fourth-order valence-electron chi connectivity index (χ4n) is 0.819. The predicted molar refractivity (Wildman–Crippen MR) is 40.1 cm³/mol. The van der Waals surface area contributed by atoms with Crippen LogP contribution in [0.2, 0.25) is 0 Å². The van der Waals surface area contributed by atoms with Gasteiger partial charge in [-0.05, 0) is 6.08 Å². The van der Waals surface area contributed by atoms with E-state index in [9.17, 15) is 0 Å². The summed E-state index contributed by atoms with van der Waals surface area (Å²) in [4.78, 5) is 1.99. The van der Waals surface area contributed by atoms with E-state index in [0.29, 0.717) is 0 Å². The SMILES string of the molecule is CN1CC=CC=C1/C=N/O. The number of hydrogen-bond acceptors (Lipinski definition) is 3. The number of nitrogens with zero attached hydrogens (tertiary/aromatic N) is 2. The Labute approximate surface area is 59.9 Å². The second-order valence-electron chi connectivity index (χ2n) is 2.14. The molecule has 1 aliphatic heterocycles. The molecular formula is C7H10N2O. The Morgan fingerprint density at radius 1 is 1.80 bits per heavy atom. The van der Waals surface area contributed by atoms with Crippen molar-refractivity contribution < 1.29 is 5.21 Å². The van der Waals surface area contributed by atoms with Gasteiger partial charge in [0.25, 0.3) is 0 Å². The minimum absolute atomic E-state index is 0.873. The lowest BCUT2D eigenvalue weighted by molar-refractivity contribution is 0.320. The molecule has 10 heavy (non-hydrogen) atoms. The summed E-state index contributed by atoms with van der Waals surface area (Å²) in [5.41, 5.74) is 0.921. The summed E-state index contributed by atoms with van der Waals surface area (Å²) in [5.74, 6) is 0. The molecule has 1 rings (SSSR count). The average molecular weight is 138 g/mol. The summed E-state index contributed by atoms with van der Waals surface area (Å²) in [6.07, 6.45) is 7.29. The topological polar surface area (TPSA) is 35.8 Å². The minimum Gasteiger partial charge on any atom is -0.411 e. The van der Waals surface area contributed by atoms with Crippen molar-refractivity contribution in [2.75, 3.05) is 13.6 Å². The van der Waals surface area contributed by atoms with Crippen LogP contribution in [-0.4, -0.2) is 29.9 Å². The van der Waals surface area contributed by atoms with Gasteiger partial charge in [-0.25, -0.2) is 0 Å². The van der Waals surface area contributed by atoms with Gasteiger partial charge < -0.3 is 10.1 Å². The van der Waals surface area contributed by atoms with E-state index in [-0.39, 0.29) is 0 Å². The highest BCUT2D eigenvalue weighted by Crippen LogP contribution is 2.03. The zero-order valence-electron chi connectivity index (χ0n) is 5.86. The number of hydrogen-bond donors (Lipinski definition) is 1. The standard InChI is InChI=1S/C7H10N2O/c1-9-5-3-2-4-7(9)6-8-10/h2-4,6,10H,5H2,1H3/b8-6+. The van der Waals surface area contributed by atoms with Crippen molar-refractivity contribution in [1.82, 2.24) is 4.90 Å². The highest BCUT2D eigenvalue weighted by Gasteiger charge is 2.01. The maximum atomic E-state index is 8.21. The molecule has 0 amide bonds. The summed E-state index contributed by atoms with van der Waals surface area (Å²) in [6, 6.07) is 0. The summed E-state index contributed by atoms with van der Waals surface area (Å²) in [6.45, 7) is 0.873. The molecule has 1 aliphatic rings. The van der Waals surface area contributed by atoms with Crippen LogP contribution in [0.1, 0.15) is 0 Å². The van der Waals surface area contributed by atoms with E-state index >= 15 is 0 Å². The lowest BCUT2D eigenvalue weighted by Gasteiger charge is -2.19. The normalized spacial score (nSPS) is 18.1. The Kier molecular flexibility index (Phi) is 2.10. The third-order valence-corrected chi connectivity index (χ3v) is 1.41. The van der Waals surface area contributed by atoms with Crippen molar-refractivity contribution in [3.63, 3.8) is 0 Å². The largest absolute Gasteiger partial charge is 0.411 e. The van der Waals surface area contributed by atoms with E-state index < -0.39 is 0 Å². The van der Waals surface area contributed by atoms with Gasteiger partial charge in [0, 0.05) is 13.6 Å². The van der Waals surface area contributed by atoms with E-state index in [1.165, 1.54) is 6.21 Å². The summed E-state index contributed by atoms with van der Waals surface area (Å²) in [7, 11) is 1.94. The lowest BCUT2D eigenvalue weighted by atomic mass is 10.3. The molecule has 0 aromatic heterocycles. The van der Waals surface area contributed by atoms with Gasteiger partial charge in [0.1, 0.15) is 0 Å². The molecular weight excluding hydrogens is 128 g/mol. The van der Waals surface area contributed by atoms with Gasteiger partial charge in [-0.15, -0.1) is 0 Å². The molecule has 0 aromatic rings. The summed E-state index contributed by atoms with van der Waals surface area (Å²) in [5, 5.41) is 11.2. The fraction of sp³-hybridized carbons (Fsp3) is 0.286. The molecule has 0 spiro atoms. The zero-order valence-corrected chi connectivity index (χ0v) is 5.86. The van der Waals surface area contributed by atoms with Crippen molar-refractivity contribution in [1.29, 1.82) is 0 Å². The van der Waals surface area contributed by atoms with Gasteiger partial charge in [0.2, 0.25) is 0 Å². The molecule has 0 aromatic carbocycles. The Bertz CT molecular complexity index is 194. The van der Waals surface area contributed by atoms with Crippen LogP contribution in [0.25, 0.3) is 0 Å². The minimum atomic E-state index is 0.873. The Hall–Kier alpha value is -1.25. The molecule has 0 saturated heterocycles. The molecule has 3 nitrogen and oxygen atoms in total. The average Bonchev–Trinajstić information content (AvgIpc) is 1.94. The molecule has 3 heteroatoms. The van der Waals surface area contributed by atoms with E-state index in [1.54, 1.807) is 0 Å². The van der Waals surface area contributed by atoms with Gasteiger partial charge in [0.15, 0.2) is 0 Å². The first-order valence-corrected chi connectivity index (χ1v) is 3.10. The fourth-order valence-corrected chi connectivity index (χ4v) is 0.819. The maximum absolute atomic E-state index is 8.21. The molecule has 0 fully saturated rings. The van der Waals surface area contributed by atoms with Crippen molar-refractivity contribution in [3.05, 3.63) is 23.9 Å². The van der Waals surface area contributed by atoms with Gasteiger partial charge in [-0.3, -0.25) is 0 Å². The molecule has 0 saturated carbocycles. The first-order chi connectivity index (χ1) is 4.84. The molecule has 1 N–H and O–H groups in total. The first-order valence-electron chi connectivity index (χ1n) is 3.10. The van der Waals surface area contributed by atoms with Crippen LogP contribution in [0, 0.1) is 0 Å². The van der Waals surface area contributed by atoms with Crippen LogP contribution in [0.3, 0.4) is 0 Å². The molecule has 0 bridgehead atoms. The summed E-state index contributed by atoms with van der Waals surface area (Å²) >= 11 is 0. The molecule has 0 atom stereocenters. The first kappa shape index (κ1) is 6.86. The van der Waals surface area contributed by atoms with Gasteiger partial charge in [-0.2, -0.15) is 0 Å². The smallest absolute Gasteiger partial charge is 0.0894 e. The van der Waals surface area contributed by atoms with E-state index in [0.717, 1.165) is 12.2 Å². The Balaban J connectivity index is 2.70. The van der Waals surface area contributed by atoms with Crippen LogP contribution in [0.4, 0.5) is 0 Å². The highest BCUT2D eigenvalue weighted by molar-refractivity contribution is 5.77. The van der Waals surface area contributed by atoms with Gasteiger partial charge in [-0.1, -0.05) is 17.3 Å². The number of oxime groups is 1. The third kappa shape index (κ3) is 1.37. The molecule has 0 aliphatic carbocycles. The van der Waals surface area contributed by atoms with E-state index in [4.69, 9.17) is 5.21 Å². The Morgan fingerprint density at radius 2 is 2.60 bits per heavy atom. The monoisotopic (exact) mass is 138 g/mol. The molecule has 54 valence electrons. The maximum Gasteiger partial charge on any atom is 0.0894 e. The lowest BCUT2D eigenvalue weighted by Crippen LogP contribution is -2.20. The van der Waals surface area contributed by atoms with Crippen LogP contribution in [0.15, 0.2) is 29.1 Å². The van der Waals surface area contributed by atoms with Gasteiger partial charge >= 0.3 is 0 Å².